The van der Waals surface area contributed by atoms with E-state index in [2.05, 4.69) is 12.1 Å². The molecule has 2 heterocycles. The summed E-state index contributed by atoms with van der Waals surface area (Å²) >= 11 is 1.40. The predicted octanol–water partition coefficient (Wildman–Crippen LogP) is 3.07. The Morgan fingerprint density at radius 3 is 3.00 bits per heavy atom. The van der Waals surface area contributed by atoms with E-state index in [0.29, 0.717) is 17.2 Å². The molecule has 0 saturated heterocycles. The summed E-state index contributed by atoms with van der Waals surface area (Å²) in [5, 5.41) is 0.917. The third-order valence-electron chi connectivity index (χ3n) is 3.43. The maximum atomic E-state index is 11.8. The van der Waals surface area contributed by atoms with Gasteiger partial charge in [0.2, 0.25) is 0 Å². The molecule has 0 atom stereocenters. The number of carbonyl (C=O) groups excluding carboxylic acids is 1. The summed E-state index contributed by atoms with van der Waals surface area (Å²) in [5.74, 6) is -0.379. The lowest BCUT2D eigenvalue weighted by atomic mass is 10.00. The van der Waals surface area contributed by atoms with Crippen molar-refractivity contribution in [2.75, 3.05) is 26.1 Å². The zero-order valence-electron chi connectivity index (χ0n) is 11.1. The van der Waals surface area contributed by atoms with Crippen LogP contribution in [0.2, 0.25) is 0 Å². The van der Waals surface area contributed by atoms with Crippen LogP contribution in [-0.2, 0) is 9.47 Å². The highest BCUT2D eigenvalue weighted by atomic mass is 32.1. The van der Waals surface area contributed by atoms with Crippen LogP contribution in [0.3, 0.4) is 0 Å². The Morgan fingerprint density at radius 2 is 2.30 bits per heavy atom. The molecule has 0 unspecified atom stereocenters. The van der Waals surface area contributed by atoms with Gasteiger partial charge in [0.1, 0.15) is 4.88 Å². The molecule has 2 aromatic rings. The van der Waals surface area contributed by atoms with Gasteiger partial charge in [0, 0.05) is 10.1 Å². The van der Waals surface area contributed by atoms with E-state index in [1.807, 2.05) is 12.1 Å². The van der Waals surface area contributed by atoms with Gasteiger partial charge in [-0.05, 0) is 17.6 Å². The van der Waals surface area contributed by atoms with Crippen LogP contribution in [0.15, 0.2) is 24.3 Å². The highest BCUT2D eigenvalue weighted by molar-refractivity contribution is 7.21. The first-order valence-electron chi connectivity index (χ1n) is 6.39. The van der Waals surface area contributed by atoms with Crippen LogP contribution in [-0.4, -0.2) is 26.3 Å². The minimum Gasteiger partial charge on any atom is -0.465 e. The second kappa shape index (κ2) is 5.26. The quantitative estimate of drug-likeness (QED) is 0.863. The van der Waals surface area contributed by atoms with E-state index in [0.717, 1.165) is 28.7 Å². The van der Waals surface area contributed by atoms with Crippen molar-refractivity contribution in [1.82, 2.24) is 0 Å². The van der Waals surface area contributed by atoms with Gasteiger partial charge in [-0.15, -0.1) is 11.3 Å². The largest absolute Gasteiger partial charge is 0.465 e. The second-order valence-corrected chi connectivity index (χ2v) is 5.59. The number of hydrogen-bond donors (Lipinski definition) is 1. The van der Waals surface area contributed by atoms with Crippen molar-refractivity contribution in [2.45, 2.75) is 6.42 Å². The number of ether oxygens (including phenoxy) is 2. The lowest BCUT2D eigenvalue weighted by Crippen LogP contribution is -2.03. The third-order valence-corrected chi connectivity index (χ3v) is 4.67. The molecule has 104 valence electrons. The maximum absolute atomic E-state index is 11.8. The van der Waals surface area contributed by atoms with E-state index in [1.54, 1.807) is 0 Å². The molecule has 3 rings (SSSR count). The lowest BCUT2D eigenvalue weighted by molar-refractivity contribution is 0.0607. The number of methoxy groups -OCH3 is 1. The average Bonchev–Trinajstić information content (AvgIpc) is 2.85. The Hall–Kier alpha value is -1.85. The minimum absolute atomic E-state index is 0.379. The molecule has 0 bridgehead atoms. The van der Waals surface area contributed by atoms with E-state index in [1.165, 1.54) is 24.0 Å². The van der Waals surface area contributed by atoms with E-state index in [4.69, 9.17) is 15.2 Å². The molecule has 0 fully saturated rings. The Kier molecular flexibility index (Phi) is 3.46. The van der Waals surface area contributed by atoms with Crippen molar-refractivity contribution in [3.63, 3.8) is 0 Å². The standard InChI is InChI=1S/C15H15NO3S/c1-18-15(17)14-12(16)11-4-2-3-10(13(11)20-14)9-5-7-19-8-6-9/h2-5H,6-8,16H2,1H3. The Labute approximate surface area is 120 Å². The van der Waals surface area contributed by atoms with Crippen molar-refractivity contribution in [3.05, 3.63) is 34.7 Å². The fourth-order valence-corrected chi connectivity index (χ4v) is 3.60. The molecule has 0 radical (unpaired) electrons. The van der Waals surface area contributed by atoms with E-state index in [9.17, 15) is 4.79 Å². The maximum Gasteiger partial charge on any atom is 0.350 e. The number of nitrogens with two attached hydrogens (primary N) is 1. The Morgan fingerprint density at radius 1 is 1.45 bits per heavy atom. The Bertz CT molecular complexity index is 702. The number of fused-ring (bicyclic) bond motifs is 1. The molecular weight excluding hydrogens is 274 g/mol. The first-order valence-corrected chi connectivity index (χ1v) is 7.20. The van der Waals surface area contributed by atoms with E-state index < -0.39 is 0 Å². The molecule has 20 heavy (non-hydrogen) atoms. The molecular formula is C15H15NO3S. The van der Waals surface area contributed by atoms with Gasteiger partial charge >= 0.3 is 5.97 Å². The number of rotatable bonds is 2. The van der Waals surface area contributed by atoms with Crippen LogP contribution < -0.4 is 5.73 Å². The average molecular weight is 289 g/mol. The summed E-state index contributed by atoms with van der Waals surface area (Å²) in [6, 6.07) is 5.98. The molecule has 2 N–H and O–H groups in total. The first kappa shape index (κ1) is 13.1. The van der Waals surface area contributed by atoms with Crippen LogP contribution in [0, 0.1) is 0 Å². The number of carbonyl (C=O) groups is 1. The molecule has 0 amide bonds. The van der Waals surface area contributed by atoms with Gasteiger partial charge in [0.15, 0.2) is 0 Å². The lowest BCUT2D eigenvalue weighted by Gasteiger charge is -2.14. The monoisotopic (exact) mass is 289 g/mol. The summed E-state index contributed by atoms with van der Waals surface area (Å²) in [5.41, 5.74) is 8.97. The molecule has 1 aromatic heterocycles. The Balaban J connectivity index is 2.19. The van der Waals surface area contributed by atoms with Gasteiger partial charge in [-0.2, -0.15) is 0 Å². The van der Waals surface area contributed by atoms with Gasteiger partial charge < -0.3 is 15.2 Å². The molecule has 0 saturated carbocycles. The SMILES string of the molecule is COC(=O)c1sc2c(C3=CCOCC3)cccc2c1N. The van der Waals surface area contributed by atoms with Crippen LogP contribution in [0.1, 0.15) is 21.7 Å². The number of anilines is 1. The zero-order valence-corrected chi connectivity index (χ0v) is 12.0. The van der Waals surface area contributed by atoms with Crippen molar-refractivity contribution in [3.8, 4) is 0 Å². The summed E-state index contributed by atoms with van der Waals surface area (Å²) in [6.45, 7) is 1.36. The van der Waals surface area contributed by atoms with Crippen LogP contribution in [0.25, 0.3) is 15.7 Å². The molecule has 0 spiro atoms. The molecule has 0 aliphatic carbocycles. The molecule has 1 aromatic carbocycles. The number of nitrogen functional groups attached to an aromatic ring is 1. The van der Waals surface area contributed by atoms with Crippen LogP contribution in [0.5, 0.6) is 0 Å². The normalized spacial score (nSPS) is 15.2. The third kappa shape index (κ3) is 2.09. The minimum atomic E-state index is -0.379. The second-order valence-electron chi connectivity index (χ2n) is 4.57. The van der Waals surface area contributed by atoms with Crippen LogP contribution in [0.4, 0.5) is 5.69 Å². The molecule has 5 heteroatoms. The molecule has 1 aliphatic heterocycles. The summed E-state index contributed by atoms with van der Waals surface area (Å²) in [4.78, 5) is 12.2. The smallest absolute Gasteiger partial charge is 0.350 e. The van der Waals surface area contributed by atoms with Crippen molar-refractivity contribution in [2.24, 2.45) is 0 Å². The van der Waals surface area contributed by atoms with Gasteiger partial charge in [-0.25, -0.2) is 4.79 Å². The summed E-state index contributed by atoms with van der Waals surface area (Å²) in [7, 11) is 1.37. The number of hydrogen-bond acceptors (Lipinski definition) is 5. The number of benzene rings is 1. The topological polar surface area (TPSA) is 61.5 Å². The van der Waals surface area contributed by atoms with Crippen LogP contribution >= 0.6 is 11.3 Å². The fraction of sp³-hybridized carbons (Fsp3) is 0.267. The first-order chi connectivity index (χ1) is 9.72. The van der Waals surface area contributed by atoms with Gasteiger partial charge in [0.25, 0.3) is 0 Å². The van der Waals surface area contributed by atoms with Gasteiger partial charge in [0.05, 0.1) is 26.0 Å². The van der Waals surface area contributed by atoms with Crippen molar-refractivity contribution in [1.29, 1.82) is 0 Å². The van der Waals surface area contributed by atoms with Gasteiger partial charge in [-0.1, -0.05) is 24.3 Å². The fourth-order valence-electron chi connectivity index (χ4n) is 2.41. The van der Waals surface area contributed by atoms with E-state index >= 15 is 0 Å². The highest BCUT2D eigenvalue weighted by Crippen LogP contribution is 2.39. The zero-order chi connectivity index (χ0) is 14.1. The van der Waals surface area contributed by atoms with Crippen molar-refractivity contribution < 1.29 is 14.3 Å². The summed E-state index contributed by atoms with van der Waals surface area (Å²) in [6.07, 6.45) is 2.97. The number of thiophene rings is 1. The predicted molar refractivity (Wildman–Crippen MR) is 81.0 cm³/mol. The van der Waals surface area contributed by atoms with Crippen molar-refractivity contribution >= 4 is 38.7 Å². The van der Waals surface area contributed by atoms with E-state index in [-0.39, 0.29) is 5.97 Å². The summed E-state index contributed by atoms with van der Waals surface area (Å²) < 4.78 is 11.2. The highest BCUT2D eigenvalue weighted by Gasteiger charge is 2.19. The molecule has 4 nitrogen and oxygen atoms in total. The number of esters is 1. The molecule has 1 aliphatic rings. The van der Waals surface area contributed by atoms with Gasteiger partial charge in [-0.3, -0.25) is 0 Å².